The lowest BCUT2D eigenvalue weighted by molar-refractivity contribution is 0.0588. The molecular weight excluding hydrogens is 257 g/mol. The third-order valence-electron chi connectivity index (χ3n) is 3.23. The molecule has 0 radical (unpaired) electrons. The number of ether oxygens (including phenoxy) is 1. The van der Waals surface area contributed by atoms with Crippen LogP contribution in [0.25, 0.3) is 0 Å². The van der Waals surface area contributed by atoms with E-state index in [1.807, 2.05) is 10.6 Å². The highest BCUT2D eigenvalue weighted by atomic mass is 19.1. The zero-order valence-corrected chi connectivity index (χ0v) is 11.7. The number of nitrogens with zero attached hydrogens (tertiary/aromatic N) is 1. The number of aromatic nitrogens is 1. The minimum absolute atomic E-state index is 0.261. The van der Waals surface area contributed by atoms with Crippen LogP contribution >= 0.6 is 0 Å². The number of carbonyl (C=O) groups is 1. The predicted octanol–water partition coefficient (Wildman–Crippen LogP) is 3.41. The molecule has 0 aliphatic heterocycles. The summed E-state index contributed by atoms with van der Waals surface area (Å²) in [7, 11) is 1.37. The molecule has 106 valence electrons. The van der Waals surface area contributed by atoms with Gasteiger partial charge in [-0.2, -0.15) is 0 Å². The number of esters is 1. The van der Waals surface area contributed by atoms with Crippen molar-refractivity contribution in [3.05, 3.63) is 59.2 Å². The fourth-order valence-corrected chi connectivity index (χ4v) is 2.23. The second kappa shape index (κ2) is 6.37. The van der Waals surface area contributed by atoms with Crippen molar-refractivity contribution in [2.75, 3.05) is 7.11 Å². The quantitative estimate of drug-likeness (QED) is 0.783. The van der Waals surface area contributed by atoms with Crippen LogP contribution in [0.3, 0.4) is 0 Å². The van der Waals surface area contributed by atoms with Gasteiger partial charge in [0.2, 0.25) is 0 Å². The lowest BCUT2D eigenvalue weighted by Crippen LogP contribution is -2.13. The summed E-state index contributed by atoms with van der Waals surface area (Å²) in [5.41, 5.74) is 2.56. The molecule has 1 aromatic heterocycles. The van der Waals surface area contributed by atoms with E-state index < -0.39 is 0 Å². The number of carbonyl (C=O) groups excluding carboxylic acids is 1. The topological polar surface area (TPSA) is 31.2 Å². The summed E-state index contributed by atoms with van der Waals surface area (Å²) in [6.07, 6.45) is 1.88. The summed E-state index contributed by atoms with van der Waals surface area (Å²) < 4.78 is 19.7. The van der Waals surface area contributed by atoms with E-state index in [1.165, 1.54) is 19.2 Å². The minimum atomic E-state index is -0.352. The van der Waals surface area contributed by atoms with Gasteiger partial charge < -0.3 is 9.30 Å². The van der Waals surface area contributed by atoms with Gasteiger partial charge in [-0.05, 0) is 36.2 Å². The number of benzene rings is 1. The van der Waals surface area contributed by atoms with E-state index in [1.54, 1.807) is 18.2 Å². The van der Waals surface area contributed by atoms with Crippen LogP contribution in [0.1, 0.15) is 35.1 Å². The molecule has 0 saturated heterocycles. The van der Waals surface area contributed by atoms with Crippen LogP contribution in [0, 0.1) is 5.82 Å². The fraction of sp³-hybridized carbons (Fsp3) is 0.312. The number of hydrogen-bond acceptors (Lipinski definition) is 2. The molecule has 0 amide bonds. The Balaban J connectivity index is 2.34. The fourth-order valence-electron chi connectivity index (χ4n) is 2.23. The van der Waals surface area contributed by atoms with Crippen molar-refractivity contribution in [2.45, 2.75) is 26.3 Å². The smallest absolute Gasteiger partial charge is 0.354 e. The van der Waals surface area contributed by atoms with Gasteiger partial charge in [0.15, 0.2) is 0 Å². The molecule has 2 rings (SSSR count). The molecule has 20 heavy (non-hydrogen) atoms. The molecule has 1 heterocycles. The number of aryl methyl sites for hydroxylation is 1. The summed E-state index contributed by atoms with van der Waals surface area (Å²) in [5.74, 6) is -0.613. The maximum Gasteiger partial charge on any atom is 0.354 e. The van der Waals surface area contributed by atoms with Crippen molar-refractivity contribution in [2.24, 2.45) is 0 Å². The van der Waals surface area contributed by atoms with Crippen molar-refractivity contribution < 1.29 is 13.9 Å². The minimum Gasteiger partial charge on any atom is -0.464 e. The van der Waals surface area contributed by atoms with Gasteiger partial charge in [0, 0.05) is 12.2 Å². The SMILES string of the molecule is CCCc1ccc(C(=O)OC)n1Cc1ccc(F)cc1. The van der Waals surface area contributed by atoms with Crippen molar-refractivity contribution in [3.8, 4) is 0 Å². The van der Waals surface area contributed by atoms with Gasteiger partial charge in [-0.1, -0.05) is 25.5 Å². The standard InChI is InChI=1S/C16H18FNO2/c1-3-4-14-9-10-15(16(19)20-2)18(14)11-12-5-7-13(17)8-6-12/h5-10H,3-4,11H2,1-2H3. The van der Waals surface area contributed by atoms with Gasteiger partial charge in [-0.15, -0.1) is 0 Å². The molecule has 0 fully saturated rings. The highest BCUT2D eigenvalue weighted by Crippen LogP contribution is 2.16. The second-order valence-corrected chi connectivity index (χ2v) is 4.66. The van der Waals surface area contributed by atoms with Crippen LogP contribution in [-0.2, 0) is 17.7 Å². The maximum atomic E-state index is 12.9. The molecule has 0 spiro atoms. The molecule has 0 unspecified atom stereocenters. The van der Waals surface area contributed by atoms with Gasteiger partial charge in [0.1, 0.15) is 11.5 Å². The summed E-state index contributed by atoms with van der Waals surface area (Å²) in [6, 6.07) is 10.0. The van der Waals surface area contributed by atoms with Crippen LogP contribution in [0.2, 0.25) is 0 Å². The molecule has 3 nitrogen and oxygen atoms in total. The first-order valence-corrected chi connectivity index (χ1v) is 6.67. The van der Waals surface area contributed by atoms with E-state index in [2.05, 4.69) is 6.92 Å². The van der Waals surface area contributed by atoms with Gasteiger partial charge in [-0.3, -0.25) is 0 Å². The van der Waals surface area contributed by atoms with E-state index in [0.717, 1.165) is 24.1 Å². The third-order valence-corrected chi connectivity index (χ3v) is 3.23. The first-order chi connectivity index (χ1) is 9.65. The van der Waals surface area contributed by atoms with Crippen LogP contribution in [0.5, 0.6) is 0 Å². The predicted molar refractivity (Wildman–Crippen MR) is 75.3 cm³/mol. The molecule has 0 aliphatic rings. The lowest BCUT2D eigenvalue weighted by Gasteiger charge is -2.12. The number of rotatable bonds is 5. The molecule has 2 aromatic rings. The molecule has 0 atom stereocenters. The average Bonchev–Trinajstić information content (AvgIpc) is 2.84. The summed E-state index contributed by atoms with van der Waals surface area (Å²) in [4.78, 5) is 11.8. The van der Waals surface area contributed by atoms with Crippen molar-refractivity contribution in [3.63, 3.8) is 0 Å². The molecule has 0 aliphatic carbocycles. The second-order valence-electron chi connectivity index (χ2n) is 4.66. The molecular formula is C16H18FNO2. The monoisotopic (exact) mass is 275 g/mol. The third kappa shape index (κ3) is 3.07. The Bertz CT molecular complexity index is 587. The van der Waals surface area contributed by atoms with Crippen molar-refractivity contribution in [1.82, 2.24) is 4.57 Å². The first kappa shape index (κ1) is 14.3. The number of halogens is 1. The Kier molecular flexibility index (Phi) is 4.56. The maximum absolute atomic E-state index is 12.9. The largest absolute Gasteiger partial charge is 0.464 e. The molecule has 0 saturated carbocycles. The summed E-state index contributed by atoms with van der Waals surface area (Å²) in [5, 5.41) is 0. The van der Waals surface area contributed by atoms with Gasteiger partial charge in [0.25, 0.3) is 0 Å². The van der Waals surface area contributed by atoms with Crippen molar-refractivity contribution >= 4 is 5.97 Å². The first-order valence-electron chi connectivity index (χ1n) is 6.67. The average molecular weight is 275 g/mol. The Morgan fingerprint density at radius 3 is 2.50 bits per heavy atom. The van der Waals surface area contributed by atoms with Gasteiger partial charge in [-0.25, -0.2) is 9.18 Å². The Morgan fingerprint density at radius 1 is 1.20 bits per heavy atom. The molecule has 0 N–H and O–H groups in total. The Labute approximate surface area is 118 Å². The Hall–Kier alpha value is -2.10. The zero-order valence-electron chi connectivity index (χ0n) is 11.7. The van der Waals surface area contributed by atoms with Crippen LogP contribution in [-0.4, -0.2) is 17.6 Å². The number of hydrogen-bond donors (Lipinski definition) is 0. The molecule has 4 heteroatoms. The molecule has 1 aromatic carbocycles. The van der Waals surface area contributed by atoms with Gasteiger partial charge in [0.05, 0.1) is 7.11 Å². The Morgan fingerprint density at radius 2 is 1.90 bits per heavy atom. The molecule has 0 bridgehead atoms. The van der Waals surface area contributed by atoms with E-state index in [0.29, 0.717) is 12.2 Å². The van der Waals surface area contributed by atoms with E-state index >= 15 is 0 Å². The number of methoxy groups -OCH3 is 1. The van der Waals surface area contributed by atoms with E-state index in [4.69, 9.17) is 4.74 Å². The summed E-state index contributed by atoms with van der Waals surface area (Å²) >= 11 is 0. The normalized spacial score (nSPS) is 10.6. The van der Waals surface area contributed by atoms with E-state index in [9.17, 15) is 9.18 Å². The van der Waals surface area contributed by atoms with Crippen LogP contribution in [0.15, 0.2) is 36.4 Å². The lowest BCUT2D eigenvalue weighted by atomic mass is 10.2. The van der Waals surface area contributed by atoms with Gasteiger partial charge >= 0.3 is 5.97 Å². The van der Waals surface area contributed by atoms with Crippen LogP contribution in [0.4, 0.5) is 4.39 Å². The van der Waals surface area contributed by atoms with Crippen molar-refractivity contribution in [1.29, 1.82) is 0 Å². The summed E-state index contributed by atoms with van der Waals surface area (Å²) in [6.45, 7) is 2.63. The zero-order chi connectivity index (χ0) is 14.5. The van der Waals surface area contributed by atoms with Crippen LogP contribution < -0.4 is 0 Å². The highest BCUT2D eigenvalue weighted by Gasteiger charge is 2.15. The van der Waals surface area contributed by atoms with E-state index in [-0.39, 0.29) is 11.8 Å². The highest BCUT2D eigenvalue weighted by molar-refractivity contribution is 5.87.